The van der Waals surface area contributed by atoms with Crippen molar-refractivity contribution in [1.82, 2.24) is 20.2 Å². The number of carbonyl (C=O) groups is 5. The van der Waals surface area contributed by atoms with Gasteiger partial charge in [-0.05, 0) is 118 Å². The Bertz CT molecular complexity index is 1990. The number of likely N-dealkylation sites (N-methyl/N-ethyl adjacent to an activating group) is 1. The van der Waals surface area contributed by atoms with E-state index in [2.05, 4.69) is 15.3 Å². The first-order valence-corrected chi connectivity index (χ1v) is 18.5. The zero-order valence-corrected chi connectivity index (χ0v) is 34.5. The fourth-order valence-electron chi connectivity index (χ4n) is 5.65. The number of aromatic amines is 1. The van der Waals surface area contributed by atoms with Crippen molar-refractivity contribution in [3.05, 3.63) is 69.5 Å². The third-order valence-corrected chi connectivity index (χ3v) is 8.17. The minimum Gasteiger partial charge on any atom is -0.460 e. The van der Waals surface area contributed by atoms with Crippen molar-refractivity contribution in [2.24, 2.45) is 0 Å². The molecule has 3 rings (SSSR count). The summed E-state index contributed by atoms with van der Waals surface area (Å²) in [7, 11) is 3.12. The third kappa shape index (κ3) is 13.7. The van der Waals surface area contributed by atoms with Crippen LogP contribution in [-0.4, -0.2) is 87.6 Å². The van der Waals surface area contributed by atoms with E-state index in [0.717, 1.165) is 10.5 Å². The molecule has 0 unspecified atom stereocenters. The summed E-state index contributed by atoms with van der Waals surface area (Å²) in [6.07, 6.45) is -0.822. The molecular formula is C41H56FN5O9. The number of anilines is 1. The number of aryl methyl sites for hydroxylation is 1. The number of amides is 2. The lowest BCUT2D eigenvalue weighted by Gasteiger charge is -2.30. The lowest BCUT2D eigenvalue weighted by atomic mass is 10.1. The molecule has 0 aliphatic rings. The fourth-order valence-corrected chi connectivity index (χ4v) is 5.65. The predicted molar refractivity (Wildman–Crippen MR) is 209 cm³/mol. The monoisotopic (exact) mass is 781 g/mol. The van der Waals surface area contributed by atoms with Gasteiger partial charge in [-0.3, -0.25) is 19.2 Å². The molecule has 0 aliphatic heterocycles. The topological polar surface area (TPSA) is 177 Å². The Hall–Kier alpha value is -5.34. The van der Waals surface area contributed by atoms with Gasteiger partial charge in [-0.1, -0.05) is 6.07 Å². The Morgan fingerprint density at radius 2 is 1.43 bits per heavy atom. The number of aromatic nitrogens is 2. The first kappa shape index (κ1) is 45.1. The molecule has 1 heterocycles. The Labute approximate surface area is 327 Å². The summed E-state index contributed by atoms with van der Waals surface area (Å²) >= 11 is 0. The Morgan fingerprint density at radius 1 is 0.821 bits per heavy atom. The number of nitrogens with zero attached hydrogens (tertiary/aromatic N) is 3. The number of halogens is 1. The number of rotatable bonds is 14. The van der Waals surface area contributed by atoms with Gasteiger partial charge in [-0.25, -0.2) is 19.0 Å². The SMILES string of the molecule is Cc1nc2ccc(CN(C)c3ccc(C(=O)N[C@@H](CCC(=O)N(C)[C@@H](CCC(=O)OC(C)(C)C)C(=O)OC(C)(C)C)C(=O)OC(C)(C)C)c(F)c3)cc2c(=O)[nH]1. The number of benzene rings is 2. The molecule has 15 heteroatoms. The highest BCUT2D eigenvalue weighted by Gasteiger charge is 2.34. The van der Waals surface area contributed by atoms with Crippen LogP contribution in [0.5, 0.6) is 0 Å². The fraction of sp³-hybridized carbons (Fsp3) is 0.537. The molecule has 14 nitrogen and oxygen atoms in total. The van der Waals surface area contributed by atoms with Crippen LogP contribution < -0.4 is 15.8 Å². The molecular weight excluding hydrogens is 725 g/mol. The minimum absolute atomic E-state index is 0.0813. The van der Waals surface area contributed by atoms with Crippen LogP contribution in [0.25, 0.3) is 10.9 Å². The second-order valence-electron chi connectivity index (χ2n) is 16.8. The van der Waals surface area contributed by atoms with Crippen molar-refractivity contribution in [2.75, 3.05) is 19.0 Å². The van der Waals surface area contributed by atoms with Gasteiger partial charge in [0.15, 0.2) is 0 Å². The highest BCUT2D eigenvalue weighted by molar-refractivity contribution is 5.97. The number of esters is 3. The van der Waals surface area contributed by atoms with E-state index >= 15 is 4.39 Å². The van der Waals surface area contributed by atoms with Crippen LogP contribution in [0.4, 0.5) is 10.1 Å². The van der Waals surface area contributed by atoms with Crippen LogP contribution in [0, 0.1) is 12.7 Å². The summed E-state index contributed by atoms with van der Waals surface area (Å²) in [4.78, 5) is 88.3. The molecule has 0 saturated carbocycles. The molecule has 306 valence electrons. The van der Waals surface area contributed by atoms with E-state index < -0.39 is 64.4 Å². The summed E-state index contributed by atoms with van der Waals surface area (Å²) in [5.74, 6) is -3.96. The van der Waals surface area contributed by atoms with E-state index in [1.165, 1.54) is 19.2 Å². The summed E-state index contributed by atoms with van der Waals surface area (Å²) in [6.45, 7) is 17.1. The number of fused-ring (bicyclic) bond motifs is 1. The number of ether oxygens (including phenoxy) is 3. The molecule has 0 aliphatic carbocycles. The van der Waals surface area contributed by atoms with Crippen LogP contribution >= 0.6 is 0 Å². The summed E-state index contributed by atoms with van der Waals surface area (Å²) in [5, 5.41) is 2.95. The molecule has 0 fully saturated rings. The van der Waals surface area contributed by atoms with Gasteiger partial charge >= 0.3 is 17.9 Å². The smallest absolute Gasteiger partial charge is 0.329 e. The summed E-state index contributed by atoms with van der Waals surface area (Å²) in [6, 6.07) is 6.79. The van der Waals surface area contributed by atoms with Crippen LogP contribution in [-0.2, 0) is 39.9 Å². The molecule has 2 amide bonds. The van der Waals surface area contributed by atoms with Crippen molar-refractivity contribution >= 4 is 46.3 Å². The molecule has 0 saturated heterocycles. The standard InChI is InChI=1S/C41H56FN5O9/c1-24-43-30-16-13-25(21-28(30)36(51)44-24)23-46(11)26-14-15-27(29(42)22-26)35(50)45-31(37(52)55-40(5,6)7)17-19-33(48)47(12)32(38(53)56-41(8,9)10)18-20-34(49)54-39(2,3)4/h13-16,21-22,31-32H,17-20,23H2,1-12H3,(H,45,50)(H,43,44,51)/t31-,32-/m0/s1. The number of hydrogen-bond acceptors (Lipinski definition) is 11. The van der Waals surface area contributed by atoms with E-state index in [1.54, 1.807) is 99.4 Å². The maximum atomic E-state index is 15.5. The molecule has 1 aromatic heterocycles. The van der Waals surface area contributed by atoms with E-state index in [0.29, 0.717) is 29.0 Å². The third-order valence-electron chi connectivity index (χ3n) is 8.17. The second kappa shape index (κ2) is 18.1. The quantitative estimate of drug-likeness (QED) is 0.156. The molecule has 3 aromatic rings. The highest BCUT2D eigenvalue weighted by atomic mass is 19.1. The van der Waals surface area contributed by atoms with E-state index in [-0.39, 0.29) is 36.8 Å². The molecule has 0 bridgehead atoms. The molecule has 2 N–H and O–H groups in total. The molecule has 0 spiro atoms. The maximum Gasteiger partial charge on any atom is 0.329 e. The highest BCUT2D eigenvalue weighted by Crippen LogP contribution is 2.23. The first-order chi connectivity index (χ1) is 25.7. The van der Waals surface area contributed by atoms with Crippen molar-refractivity contribution < 1.29 is 42.6 Å². The lowest BCUT2D eigenvalue weighted by Crippen LogP contribution is -2.47. The van der Waals surface area contributed by atoms with E-state index in [4.69, 9.17) is 14.2 Å². The molecule has 2 atom stereocenters. The number of carbonyl (C=O) groups excluding carboxylic acids is 5. The van der Waals surface area contributed by atoms with Crippen LogP contribution in [0.2, 0.25) is 0 Å². The van der Waals surface area contributed by atoms with Gasteiger partial charge in [0, 0.05) is 39.2 Å². The zero-order valence-electron chi connectivity index (χ0n) is 34.5. The van der Waals surface area contributed by atoms with Gasteiger partial charge in [-0.15, -0.1) is 0 Å². The van der Waals surface area contributed by atoms with Gasteiger partial charge in [-0.2, -0.15) is 0 Å². The Balaban J connectivity index is 1.77. The van der Waals surface area contributed by atoms with Gasteiger partial charge in [0.2, 0.25) is 5.91 Å². The first-order valence-electron chi connectivity index (χ1n) is 18.5. The number of hydrogen-bond donors (Lipinski definition) is 2. The van der Waals surface area contributed by atoms with Crippen LogP contribution in [0.1, 0.15) is 110 Å². The van der Waals surface area contributed by atoms with Gasteiger partial charge in [0.05, 0.1) is 16.5 Å². The van der Waals surface area contributed by atoms with Crippen LogP contribution in [0.3, 0.4) is 0 Å². The largest absolute Gasteiger partial charge is 0.460 e. The molecule has 0 radical (unpaired) electrons. The van der Waals surface area contributed by atoms with Crippen LogP contribution in [0.15, 0.2) is 41.2 Å². The molecule has 2 aromatic carbocycles. The van der Waals surface area contributed by atoms with E-state index in [1.807, 2.05) is 6.07 Å². The lowest BCUT2D eigenvalue weighted by molar-refractivity contribution is -0.166. The van der Waals surface area contributed by atoms with Crippen molar-refractivity contribution in [1.29, 1.82) is 0 Å². The Kier molecular flexibility index (Phi) is 14.5. The van der Waals surface area contributed by atoms with E-state index in [9.17, 15) is 28.8 Å². The molecule has 56 heavy (non-hydrogen) atoms. The Morgan fingerprint density at radius 3 is 2.02 bits per heavy atom. The van der Waals surface area contributed by atoms with Crippen molar-refractivity contribution in [3.8, 4) is 0 Å². The van der Waals surface area contributed by atoms with Gasteiger partial charge < -0.3 is 34.3 Å². The summed E-state index contributed by atoms with van der Waals surface area (Å²) < 4.78 is 32.0. The van der Waals surface area contributed by atoms with Gasteiger partial charge in [0.25, 0.3) is 11.5 Å². The number of nitrogens with one attached hydrogen (secondary N) is 2. The number of H-pyrrole nitrogens is 1. The normalized spacial score (nSPS) is 13.0. The predicted octanol–water partition coefficient (Wildman–Crippen LogP) is 5.52. The van der Waals surface area contributed by atoms with Gasteiger partial charge in [0.1, 0.15) is 40.5 Å². The average molecular weight is 782 g/mol. The van der Waals surface area contributed by atoms with Crippen molar-refractivity contribution in [2.45, 2.75) is 130 Å². The summed E-state index contributed by atoms with van der Waals surface area (Å²) in [5.41, 5.74) is -1.41. The second-order valence-corrected chi connectivity index (χ2v) is 16.8. The minimum atomic E-state index is -1.36. The maximum absolute atomic E-state index is 15.5. The zero-order chi connectivity index (χ0) is 42.3. The average Bonchev–Trinajstić information content (AvgIpc) is 3.04. The van der Waals surface area contributed by atoms with Crippen molar-refractivity contribution in [3.63, 3.8) is 0 Å².